The molecule has 0 spiro atoms. The van der Waals surface area contributed by atoms with Crippen molar-refractivity contribution in [2.24, 2.45) is 0 Å². The number of hydrogen-bond acceptors (Lipinski definition) is 5. The van der Waals surface area contributed by atoms with E-state index in [0.29, 0.717) is 47.8 Å². The summed E-state index contributed by atoms with van der Waals surface area (Å²) >= 11 is 6.07. The van der Waals surface area contributed by atoms with Gasteiger partial charge in [-0.2, -0.15) is 0 Å². The standard InChI is InChI=1S/C20H17ClN2O4/c21-15-5-3-9-22-19(15)26-13-7-10-23(11-8-13)20(25)18-12-16(24)14-4-1-2-6-17(14)27-18/h1-6,9,12-13H,7-8,10-11H2. The SMILES string of the molecule is O=C(c1cc(=O)c2ccccc2o1)N1CCC(Oc2ncccc2Cl)CC1. The molecule has 0 bridgehead atoms. The second-order valence-corrected chi connectivity index (χ2v) is 6.78. The van der Waals surface area contributed by atoms with Gasteiger partial charge < -0.3 is 14.1 Å². The number of nitrogens with zero attached hydrogens (tertiary/aromatic N) is 2. The summed E-state index contributed by atoms with van der Waals surface area (Å²) < 4.78 is 11.5. The summed E-state index contributed by atoms with van der Waals surface area (Å²) in [7, 11) is 0. The minimum Gasteiger partial charge on any atom is -0.473 e. The molecule has 0 radical (unpaired) electrons. The van der Waals surface area contributed by atoms with Crippen molar-refractivity contribution in [2.45, 2.75) is 18.9 Å². The highest BCUT2D eigenvalue weighted by Gasteiger charge is 2.27. The largest absolute Gasteiger partial charge is 0.473 e. The third-order valence-electron chi connectivity index (χ3n) is 4.58. The van der Waals surface area contributed by atoms with Gasteiger partial charge in [-0.15, -0.1) is 0 Å². The van der Waals surface area contributed by atoms with E-state index in [1.807, 2.05) is 0 Å². The number of pyridine rings is 1. The molecule has 0 saturated carbocycles. The zero-order chi connectivity index (χ0) is 18.8. The first-order valence-corrected chi connectivity index (χ1v) is 9.09. The van der Waals surface area contributed by atoms with Crippen molar-refractivity contribution in [1.29, 1.82) is 0 Å². The van der Waals surface area contributed by atoms with Crippen LogP contribution in [0.1, 0.15) is 23.4 Å². The first-order valence-electron chi connectivity index (χ1n) is 8.71. The van der Waals surface area contributed by atoms with Crippen LogP contribution in [0.15, 0.2) is 57.9 Å². The van der Waals surface area contributed by atoms with Gasteiger partial charge in [0.25, 0.3) is 5.91 Å². The summed E-state index contributed by atoms with van der Waals surface area (Å²) in [6, 6.07) is 11.6. The molecule has 1 amide bonds. The van der Waals surface area contributed by atoms with Gasteiger partial charge in [-0.3, -0.25) is 9.59 Å². The van der Waals surface area contributed by atoms with E-state index in [9.17, 15) is 9.59 Å². The Hall–Kier alpha value is -2.86. The van der Waals surface area contributed by atoms with Crippen molar-refractivity contribution in [3.8, 4) is 5.88 Å². The number of aromatic nitrogens is 1. The number of piperidine rings is 1. The maximum absolute atomic E-state index is 12.7. The number of para-hydroxylation sites is 1. The molecule has 0 unspecified atom stereocenters. The number of carbonyl (C=O) groups excluding carboxylic acids is 1. The van der Waals surface area contributed by atoms with E-state index >= 15 is 0 Å². The second kappa shape index (κ2) is 7.40. The third kappa shape index (κ3) is 3.66. The fourth-order valence-corrected chi connectivity index (χ4v) is 3.32. The lowest BCUT2D eigenvalue weighted by Gasteiger charge is -2.31. The van der Waals surface area contributed by atoms with Crippen molar-refractivity contribution >= 4 is 28.5 Å². The summed E-state index contributed by atoms with van der Waals surface area (Å²) in [5, 5.41) is 0.933. The predicted molar refractivity (Wildman–Crippen MR) is 101 cm³/mol. The number of hydrogen-bond donors (Lipinski definition) is 0. The first kappa shape index (κ1) is 17.5. The maximum Gasteiger partial charge on any atom is 0.289 e. The monoisotopic (exact) mass is 384 g/mol. The van der Waals surface area contributed by atoms with Crippen molar-refractivity contribution < 1.29 is 13.9 Å². The molecule has 1 aromatic carbocycles. The second-order valence-electron chi connectivity index (χ2n) is 6.37. The van der Waals surface area contributed by atoms with Gasteiger partial charge in [0, 0.05) is 38.2 Å². The Bertz CT molecular complexity index is 1040. The number of halogens is 1. The highest BCUT2D eigenvalue weighted by atomic mass is 35.5. The van der Waals surface area contributed by atoms with E-state index in [1.165, 1.54) is 6.07 Å². The molecule has 138 valence electrons. The van der Waals surface area contributed by atoms with Gasteiger partial charge in [-0.1, -0.05) is 23.7 Å². The van der Waals surface area contributed by atoms with Crippen molar-refractivity contribution in [3.63, 3.8) is 0 Å². The number of benzene rings is 1. The number of carbonyl (C=O) groups is 1. The number of fused-ring (bicyclic) bond motifs is 1. The minimum atomic E-state index is -0.285. The van der Waals surface area contributed by atoms with Gasteiger partial charge in [0.1, 0.15) is 16.7 Å². The third-order valence-corrected chi connectivity index (χ3v) is 4.87. The molecule has 0 atom stereocenters. The molecule has 1 saturated heterocycles. The van der Waals surface area contributed by atoms with Crippen LogP contribution in [0, 0.1) is 0 Å². The van der Waals surface area contributed by atoms with E-state index in [0.717, 1.165) is 0 Å². The molecular weight excluding hydrogens is 368 g/mol. The van der Waals surface area contributed by atoms with Crippen LogP contribution < -0.4 is 10.2 Å². The lowest BCUT2D eigenvalue weighted by atomic mass is 10.1. The zero-order valence-corrected chi connectivity index (χ0v) is 15.2. The van der Waals surface area contributed by atoms with Gasteiger partial charge in [0.2, 0.25) is 5.88 Å². The van der Waals surface area contributed by atoms with E-state index < -0.39 is 0 Å². The lowest BCUT2D eigenvalue weighted by Crippen LogP contribution is -2.42. The summed E-state index contributed by atoms with van der Waals surface area (Å²) in [6.45, 7) is 1.01. The van der Waals surface area contributed by atoms with Crippen LogP contribution in [0.4, 0.5) is 0 Å². The van der Waals surface area contributed by atoms with Crippen LogP contribution in [0.5, 0.6) is 5.88 Å². The molecule has 7 heteroatoms. The minimum absolute atomic E-state index is 0.0610. The summed E-state index contributed by atoms with van der Waals surface area (Å²) in [4.78, 5) is 30.7. The first-order chi connectivity index (χ1) is 13.1. The highest BCUT2D eigenvalue weighted by Crippen LogP contribution is 2.25. The van der Waals surface area contributed by atoms with Crippen LogP contribution in [0.3, 0.4) is 0 Å². The average Bonchev–Trinajstić information content (AvgIpc) is 2.70. The van der Waals surface area contributed by atoms with E-state index in [1.54, 1.807) is 47.5 Å². The highest BCUT2D eigenvalue weighted by molar-refractivity contribution is 6.31. The Morgan fingerprint density at radius 2 is 1.96 bits per heavy atom. The smallest absolute Gasteiger partial charge is 0.289 e. The van der Waals surface area contributed by atoms with Crippen LogP contribution in [-0.4, -0.2) is 35.0 Å². The fourth-order valence-electron chi connectivity index (χ4n) is 3.16. The molecule has 3 heterocycles. The summed E-state index contributed by atoms with van der Waals surface area (Å²) in [5.74, 6) is 0.183. The van der Waals surface area contributed by atoms with Crippen molar-refractivity contribution in [3.05, 3.63) is 69.7 Å². The summed E-state index contributed by atoms with van der Waals surface area (Å²) in [6.07, 6.45) is 2.86. The van der Waals surface area contributed by atoms with Crippen LogP contribution >= 0.6 is 11.6 Å². The van der Waals surface area contributed by atoms with Crippen LogP contribution in [0.2, 0.25) is 5.02 Å². The maximum atomic E-state index is 12.7. The molecule has 2 aromatic heterocycles. The number of ether oxygens (including phenoxy) is 1. The van der Waals surface area contributed by atoms with Gasteiger partial charge >= 0.3 is 0 Å². The Kier molecular flexibility index (Phi) is 4.81. The van der Waals surface area contributed by atoms with Crippen molar-refractivity contribution in [2.75, 3.05) is 13.1 Å². The Labute approximate surface area is 160 Å². The molecule has 1 aliphatic rings. The van der Waals surface area contributed by atoms with Gasteiger partial charge in [0.05, 0.1) is 5.39 Å². The number of amides is 1. The van der Waals surface area contributed by atoms with Crippen LogP contribution in [-0.2, 0) is 0 Å². The zero-order valence-electron chi connectivity index (χ0n) is 14.4. The van der Waals surface area contributed by atoms with Gasteiger partial charge in [0.15, 0.2) is 11.2 Å². The molecule has 0 aliphatic carbocycles. The Morgan fingerprint density at radius 1 is 1.19 bits per heavy atom. The number of rotatable bonds is 3. The average molecular weight is 385 g/mol. The lowest BCUT2D eigenvalue weighted by molar-refractivity contribution is 0.0560. The molecule has 6 nitrogen and oxygen atoms in total. The molecule has 4 rings (SSSR count). The molecule has 1 fully saturated rings. The molecule has 1 aliphatic heterocycles. The predicted octanol–water partition coefficient (Wildman–Crippen LogP) is 3.53. The quantitative estimate of drug-likeness (QED) is 0.690. The van der Waals surface area contributed by atoms with E-state index in [2.05, 4.69) is 4.98 Å². The Morgan fingerprint density at radius 3 is 2.74 bits per heavy atom. The molecule has 0 N–H and O–H groups in total. The van der Waals surface area contributed by atoms with E-state index in [4.69, 9.17) is 20.8 Å². The van der Waals surface area contributed by atoms with Crippen LogP contribution in [0.25, 0.3) is 11.0 Å². The number of likely N-dealkylation sites (tertiary alicyclic amines) is 1. The fraction of sp³-hybridized carbons (Fsp3) is 0.250. The van der Waals surface area contributed by atoms with Gasteiger partial charge in [-0.05, 0) is 24.3 Å². The summed E-state index contributed by atoms with van der Waals surface area (Å²) in [5.41, 5.74) is 0.194. The van der Waals surface area contributed by atoms with E-state index in [-0.39, 0.29) is 23.2 Å². The molecule has 3 aromatic rings. The Balaban J connectivity index is 1.44. The normalized spacial score (nSPS) is 15.1. The van der Waals surface area contributed by atoms with Crippen molar-refractivity contribution in [1.82, 2.24) is 9.88 Å². The van der Waals surface area contributed by atoms with Gasteiger partial charge in [-0.25, -0.2) is 4.98 Å². The molecule has 27 heavy (non-hydrogen) atoms. The topological polar surface area (TPSA) is 72.6 Å². The molecular formula is C20H17ClN2O4.